The molecule has 376 valence electrons. The maximum absolute atomic E-state index is 2.58. The lowest BCUT2D eigenvalue weighted by molar-refractivity contribution is 0.397. The molecule has 6 aromatic carbocycles. The molecule has 2 aliphatic rings. The molecule has 0 saturated carbocycles. The van der Waals surface area contributed by atoms with E-state index in [0.717, 1.165) is 0 Å². The van der Waals surface area contributed by atoms with Crippen LogP contribution in [0.15, 0.2) is 97.1 Å². The van der Waals surface area contributed by atoms with Crippen molar-refractivity contribution in [1.82, 2.24) is 0 Å². The zero-order valence-electron chi connectivity index (χ0n) is 46.0. The van der Waals surface area contributed by atoms with E-state index >= 15 is 0 Å². The Bertz CT molecular complexity index is 2350. The number of unbranched alkanes of at least 4 members (excludes halogenated alkanes) is 20. The molecule has 0 radical (unpaired) electrons. The van der Waals surface area contributed by atoms with Gasteiger partial charge in [-0.3, -0.25) is 0 Å². The van der Waals surface area contributed by atoms with E-state index in [9.17, 15) is 0 Å². The van der Waals surface area contributed by atoms with Gasteiger partial charge in [0.05, 0.1) is 0 Å². The second kappa shape index (κ2) is 26.5. The van der Waals surface area contributed by atoms with Crippen molar-refractivity contribution in [3.05, 3.63) is 142 Å². The maximum Gasteiger partial charge on any atom is 0.0215 e. The third kappa shape index (κ3) is 12.2. The summed E-state index contributed by atoms with van der Waals surface area (Å²) in [6.45, 7) is 18.5. The van der Waals surface area contributed by atoms with Crippen LogP contribution in [0.2, 0.25) is 0 Å². The first kappa shape index (κ1) is 53.6. The van der Waals surface area contributed by atoms with E-state index in [0.29, 0.717) is 0 Å². The van der Waals surface area contributed by atoms with Gasteiger partial charge in [-0.2, -0.15) is 0 Å². The molecule has 0 N–H and O–H groups in total. The van der Waals surface area contributed by atoms with Crippen molar-refractivity contribution < 1.29 is 0 Å². The first-order valence-electron chi connectivity index (χ1n) is 29.5. The third-order valence-electron chi connectivity index (χ3n) is 17.3. The lowest BCUT2D eigenvalue weighted by Gasteiger charge is -2.33. The summed E-state index contributed by atoms with van der Waals surface area (Å²) in [5, 5.41) is 5.76. The highest BCUT2D eigenvalue weighted by molar-refractivity contribution is 6.05. The third-order valence-corrected chi connectivity index (χ3v) is 17.3. The van der Waals surface area contributed by atoms with E-state index in [1.165, 1.54) is 246 Å². The summed E-state index contributed by atoms with van der Waals surface area (Å²) in [6, 6.07) is 38.1. The van der Waals surface area contributed by atoms with Gasteiger partial charge in [-0.15, -0.1) is 0 Å². The number of rotatable bonds is 28. The van der Waals surface area contributed by atoms with Crippen LogP contribution in [-0.2, 0) is 10.8 Å². The minimum absolute atomic E-state index is 0.182. The highest BCUT2D eigenvalue weighted by atomic mass is 14.5. The molecule has 0 nitrogen and oxygen atoms in total. The second-order valence-electron chi connectivity index (χ2n) is 22.7. The predicted octanol–water partition coefficient (Wildman–Crippen LogP) is 22.4. The highest BCUT2D eigenvalue weighted by Crippen LogP contribution is 2.58. The Kier molecular flexibility index (Phi) is 20.3. The van der Waals surface area contributed by atoms with Crippen LogP contribution in [0.1, 0.15) is 252 Å². The molecular weight excluding hydrogens is 841 g/mol. The molecule has 8 rings (SSSR count). The molecule has 2 aliphatic carbocycles. The van der Waals surface area contributed by atoms with Crippen LogP contribution in [0.4, 0.5) is 0 Å². The van der Waals surface area contributed by atoms with Crippen molar-refractivity contribution >= 4 is 21.5 Å². The van der Waals surface area contributed by atoms with Gasteiger partial charge in [0.15, 0.2) is 0 Å². The fraction of sp³-hybridized carbons (Fsp3) is 0.543. The smallest absolute Gasteiger partial charge is 0.0215 e. The summed E-state index contributed by atoms with van der Waals surface area (Å²) in [5.41, 5.74) is 18.7. The van der Waals surface area contributed by atoms with Crippen LogP contribution < -0.4 is 0 Å². The van der Waals surface area contributed by atoms with E-state index < -0.39 is 0 Å². The van der Waals surface area contributed by atoms with Crippen molar-refractivity contribution in [1.29, 1.82) is 0 Å². The molecule has 0 heteroatoms. The van der Waals surface area contributed by atoms with Crippen LogP contribution in [0.3, 0.4) is 0 Å². The first-order valence-corrected chi connectivity index (χ1v) is 29.5. The fourth-order valence-corrected chi connectivity index (χ4v) is 13.4. The molecule has 0 aromatic heterocycles. The molecule has 0 saturated heterocycles. The molecule has 0 aliphatic heterocycles. The Morgan fingerprint density at radius 2 is 0.571 bits per heavy atom. The monoisotopic (exact) mass is 937 g/mol. The van der Waals surface area contributed by atoms with Crippen LogP contribution in [-0.4, -0.2) is 0 Å². The number of benzene rings is 6. The lowest BCUT2D eigenvalue weighted by atomic mass is 9.70. The SMILES string of the molecule is CCCCCCCCC1(CCCCCCCC)c2cc(C)ccc2-c2c1cc(C)c1ccccc21.CCCCCCCCC1(CCCCCCCC)c2cc(C)ccc2-c2c1cc(C)c1ccccc21. The minimum atomic E-state index is 0.182. The van der Waals surface area contributed by atoms with Gasteiger partial charge in [-0.25, -0.2) is 0 Å². The number of hydrogen-bond donors (Lipinski definition) is 0. The molecule has 0 fully saturated rings. The van der Waals surface area contributed by atoms with Gasteiger partial charge in [0.1, 0.15) is 0 Å². The fourth-order valence-electron chi connectivity index (χ4n) is 13.4. The number of fused-ring (bicyclic) bond motifs is 10. The maximum atomic E-state index is 2.58. The van der Waals surface area contributed by atoms with Crippen LogP contribution >= 0.6 is 0 Å². The molecule has 0 bridgehead atoms. The number of aryl methyl sites for hydroxylation is 4. The molecule has 0 unspecified atom stereocenters. The standard InChI is InChI=1S/2C35H48/c2*1-5-7-9-11-13-17-23-35(24-18-14-12-10-8-6-2)32-25-27(3)21-22-31(32)34-30-20-16-15-19-29(30)28(4)26-33(34)35/h2*15-16,19-22,25-26H,5-14,17-18,23-24H2,1-4H3. The van der Waals surface area contributed by atoms with Gasteiger partial charge >= 0.3 is 0 Å². The molecular formula is C70H96. The van der Waals surface area contributed by atoms with Crippen LogP contribution in [0.25, 0.3) is 43.8 Å². The van der Waals surface area contributed by atoms with Gasteiger partial charge in [-0.1, -0.05) is 290 Å². The van der Waals surface area contributed by atoms with Gasteiger partial charge in [0, 0.05) is 10.8 Å². The summed E-state index contributed by atoms with van der Waals surface area (Å²) in [6.07, 6.45) is 38.1. The Morgan fingerprint density at radius 1 is 0.286 bits per heavy atom. The Labute approximate surface area is 429 Å². The van der Waals surface area contributed by atoms with E-state index in [4.69, 9.17) is 0 Å². The zero-order chi connectivity index (χ0) is 49.4. The van der Waals surface area contributed by atoms with Crippen molar-refractivity contribution in [3.63, 3.8) is 0 Å². The van der Waals surface area contributed by atoms with E-state index in [-0.39, 0.29) is 10.8 Å². The number of hydrogen-bond acceptors (Lipinski definition) is 0. The van der Waals surface area contributed by atoms with Crippen molar-refractivity contribution in [2.24, 2.45) is 0 Å². The quantitative estimate of drug-likeness (QED) is 0.0430. The summed E-state index contributed by atoms with van der Waals surface area (Å²) < 4.78 is 0. The summed E-state index contributed by atoms with van der Waals surface area (Å²) in [7, 11) is 0. The second-order valence-corrected chi connectivity index (χ2v) is 22.7. The normalized spacial score (nSPS) is 13.8. The van der Waals surface area contributed by atoms with Gasteiger partial charge in [0.25, 0.3) is 0 Å². The van der Waals surface area contributed by atoms with Crippen LogP contribution in [0.5, 0.6) is 0 Å². The van der Waals surface area contributed by atoms with Gasteiger partial charge < -0.3 is 0 Å². The Balaban J connectivity index is 0.000000206. The zero-order valence-corrected chi connectivity index (χ0v) is 46.0. The summed E-state index contributed by atoms with van der Waals surface area (Å²) in [5.74, 6) is 0. The predicted molar refractivity (Wildman–Crippen MR) is 311 cm³/mol. The van der Waals surface area contributed by atoms with E-state index in [1.807, 2.05) is 0 Å². The molecule has 6 aromatic rings. The molecule has 70 heavy (non-hydrogen) atoms. The molecule has 0 atom stereocenters. The average molecular weight is 938 g/mol. The Morgan fingerprint density at radius 3 is 0.886 bits per heavy atom. The Hall–Kier alpha value is -4.16. The van der Waals surface area contributed by atoms with Crippen molar-refractivity contribution in [2.75, 3.05) is 0 Å². The summed E-state index contributed by atoms with van der Waals surface area (Å²) >= 11 is 0. The average Bonchev–Trinajstić information content (AvgIpc) is 3.78. The van der Waals surface area contributed by atoms with E-state index in [2.05, 4.69) is 152 Å². The highest BCUT2D eigenvalue weighted by Gasteiger charge is 2.44. The topological polar surface area (TPSA) is 0 Å². The van der Waals surface area contributed by atoms with Crippen molar-refractivity contribution in [3.8, 4) is 22.3 Å². The van der Waals surface area contributed by atoms with Crippen LogP contribution in [0, 0.1) is 27.7 Å². The van der Waals surface area contributed by atoms with E-state index in [1.54, 1.807) is 22.3 Å². The van der Waals surface area contributed by atoms with Crippen molar-refractivity contribution in [2.45, 2.75) is 246 Å². The largest absolute Gasteiger partial charge is 0.0654 e. The molecule has 0 spiro atoms. The lowest BCUT2D eigenvalue weighted by Crippen LogP contribution is -2.26. The molecule has 0 amide bonds. The molecule has 0 heterocycles. The van der Waals surface area contributed by atoms with Gasteiger partial charge in [0.2, 0.25) is 0 Å². The first-order chi connectivity index (χ1) is 34.2. The minimum Gasteiger partial charge on any atom is -0.0654 e. The summed E-state index contributed by atoms with van der Waals surface area (Å²) in [4.78, 5) is 0. The van der Waals surface area contributed by atoms with Gasteiger partial charge in [-0.05, 0) is 131 Å².